The van der Waals surface area contributed by atoms with Crippen LogP contribution in [0.3, 0.4) is 0 Å². The van der Waals surface area contributed by atoms with E-state index < -0.39 is 15.1 Å². The molecule has 0 radical (unpaired) electrons. The smallest absolute Gasteiger partial charge is 0.251 e. The number of rotatable bonds is 6. The maximum atomic E-state index is 12.9. The molecule has 0 aliphatic heterocycles. The summed E-state index contributed by atoms with van der Waals surface area (Å²) in [5, 5.41) is 6.00. The van der Waals surface area contributed by atoms with E-state index in [4.69, 9.17) is 11.6 Å². The van der Waals surface area contributed by atoms with Gasteiger partial charge in [0.15, 0.2) is 9.84 Å². The van der Waals surface area contributed by atoms with Gasteiger partial charge in [0, 0.05) is 22.0 Å². The van der Waals surface area contributed by atoms with Gasteiger partial charge in [0.25, 0.3) is 5.91 Å². The Morgan fingerprint density at radius 2 is 1.72 bits per heavy atom. The Balaban J connectivity index is 1.82. The van der Waals surface area contributed by atoms with Crippen molar-refractivity contribution in [3.63, 3.8) is 0 Å². The maximum absolute atomic E-state index is 12.9. The largest absolute Gasteiger partial charge is 0.350 e. The predicted molar refractivity (Wildman–Crippen MR) is 102 cm³/mol. The molecule has 1 amide bonds. The summed E-state index contributed by atoms with van der Waals surface area (Å²) in [7, 11) is -3.57. The molecule has 1 N–H and O–H groups in total. The number of nitrogens with one attached hydrogen (secondary N) is 1. The van der Waals surface area contributed by atoms with Gasteiger partial charge in [-0.15, -0.1) is 22.7 Å². The molecule has 0 saturated heterocycles. The Bertz CT molecular complexity index is 934. The van der Waals surface area contributed by atoms with E-state index in [1.165, 1.54) is 22.7 Å². The van der Waals surface area contributed by atoms with E-state index in [9.17, 15) is 13.2 Å². The third kappa shape index (κ3) is 4.12. The summed E-state index contributed by atoms with van der Waals surface area (Å²) >= 11 is 8.36. The van der Waals surface area contributed by atoms with Crippen LogP contribution in [-0.4, -0.2) is 20.9 Å². The topological polar surface area (TPSA) is 63.2 Å². The summed E-state index contributed by atoms with van der Waals surface area (Å²) in [5.74, 6) is -0.334. The van der Waals surface area contributed by atoms with Crippen LogP contribution in [0.15, 0.2) is 63.5 Å². The minimum atomic E-state index is -3.57. The van der Waals surface area contributed by atoms with E-state index in [0.29, 0.717) is 19.7 Å². The van der Waals surface area contributed by atoms with E-state index in [-0.39, 0.29) is 12.5 Å². The molecule has 130 valence electrons. The van der Waals surface area contributed by atoms with Crippen LogP contribution in [0.4, 0.5) is 0 Å². The molecule has 0 bridgehead atoms. The van der Waals surface area contributed by atoms with Gasteiger partial charge in [-0.2, -0.15) is 0 Å². The maximum Gasteiger partial charge on any atom is 0.251 e. The van der Waals surface area contributed by atoms with Crippen molar-refractivity contribution in [1.29, 1.82) is 0 Å². The zero-order valence-electron chi connectivity index (χ0n) is 12.9. The van der Waals surface area contributed by atoms with Crippen molar-refractivity contribution in [2.24, 2.45) is 0 Å². The minimum absolute atomic E-state index is 0.00219. The van der Waals surface area contributed by atoms with Crippen LogP contribution in [0.1, 0.15) is 20.5 Å². The zero-order chi connectivity index (χ0) is 17.9. The lowest BCUT2D eigenvalue weighted by molar-refractivity contribution is 0.0954. The van der Waals surface area contributed by atoms with E-state index >= 15 is 0 Å². The fourth-order valence-electron chi connectivity index (χ4n) is 2.29. The standard InChI is InChI=1S/C17H14ClNO3S3/c18-13-7-5-12(6-8-13)17(20)19-11-15(14-3-1-9-23-14)25(21,22)16-4-2-10-24-16/h1-10,15H,11H2,(H,19,20)/t15-/m0/s1. The molecule has 0 aliphatic carbocycles. The molecule has 2 heterocycles. The van der Waals surface area contributed by atoms with E-state index in [1.807, 2.05) is 5.38 Å². The molecule has 0 fully saturated rings. The molecular formula is C17H14ClNO3S3. The summed E-state index contributed by atoms with van der Waals surface area (Å²) in [6.07, 6.45) is 0. The summed E-state index contributed by atoms with van der Waals surface area (Å²) in [6.45, 7) is 0.00219. The molecular weight excluding hydrogens is 398 g/mol. The summed E-state index contributed by atoms with van der Waals surface area (Å²) in [6, 6.07) is 13.3. The number of halogens is 1. The highest BCUT2D eigenvalue weighted by atomic mass is 35.5. The van der Waals surface area contributed by atoms with Crippen LogP contribution in [0, 0.1) is 0 Å². The molecule has 0 unspecified atom stereocenters. The van der Waals surface area contributed by atoms with Crippen LogP contribution < -0.4 is 5.32 Å². The third-order valence-corrected chi connectivity index (χ3v) is 8.47. The summed E-state index contributed by atoms with van der Waals surface area (Å²) < 4.78 is 26.2. The second-order valence-corrected chi connectivity index (χ2v) is 9.92. The number of sulfone groups is 1. The van der Waals surface area contributed by atoms with Gasteiger partial charge >= 0.3 is 0 Å². The first-order valence-corrected chi connectivity index (χ1v) is 11.0. The van der Waals surface area contributed by atoms with Crippen molar-refractivity contribution < 1.29 is 13.2 Å². The number of amides is 1. The Hall–Kier alpha value is -1.67. The molecule has 0 aliphatic rings. The lowest BCUT2D eigenvalue weighted by Crippen LogP contribution is -2.31. The van der Waals surface area contributed by atoms with Crippen molar-refractivity contribution in [1.82, 2.24) is 5.32 Å². The fraction of sp³-hybridized carbons (Fsp3) is 0.118. The Morgan fingerprint density at radius 1 is 1.04 bits per heavy atom. The van der Waals surface area contributed by atoms with Crippen LogP contribution in [0.25, 0.3) is 0 Å². The average Bonchev–Trinajstić information content (AvgIpc) is 3.29. The molecule has 1 atom stereocenters. The average molecular weight is 412 g/mol. The zero-order valence-corrected chi connectivity index (χ0v) is 16.1. The highest BCUT2D eigenvalue weighted by molar-refractivity contribution is 7.93. The molecule has 0 spiro atoms. The lowest BCUT2D eigenvalue weighted by Gasteiger charge is -2.16. The van der Waals surface area contributed by atoms with Crippen molar-refractivity contribution >= 4 is 50.0 Å². The van der Waals surface area contributed by atoms with Gasteiger partial charge in [-0.1, -0.05) is 23.7 Å². The number of hydrogen-bond acceptors (Lipinski definition) is 5. The van der Waals surface area contributed by atoms with Gasteiger partial charge in [-0.25, -0.2) is 8.42 Å². The van der Waals surface area contributed by atoms with Crippen LogP contribution in [0.5, 0.6) is 0 Å². The van der Waals surface area contributed by atoms with Gasteiger partial charge in [-0.05, 0) is 47.2 Å². The monoisotopic (exact) mass is 411 g/mol. The van der Waals surface area contributed by atoms with Gasteiger partial charge in [0.2, 0.25) is 0 Å². The van der Waals surface area contributed by atoms with E-state index in [2.05, 4.69) is 5.32 Å². The van der Waals surface area contributed by atoms with Gasteiger partial charge in [-0.3, -0.25) is 4.79 Å². The Kier molecular flexibility index (Phi) is 5.58. The van der Waals surface area contributed by atoms with Crippen molar-refractivity contribution in [3.05, 3.63) is 74.8 Å². The van der Waals surface area contributed by atoms with Crippen LogP contribution >= 0.6 is 34.3 Å². The quantitative estimate of drug-likeness (QED) is 0.653. The lowest BCUT2D eigenvalue weighted by atomic mass is 10.2. The molecule has 2 aromatic heterocycles. The Labute approximate surface area is 159 Å². The minimum Gasteiger partial charge on any atom is -0.350 e. The van der Waals surface area contributed by atoms with Gasteiger partial charge in [0.05, 0.1) is 0 Å². The number of carbonyl (C=O) groups is 1. The molecule has 3 rings (SSSR count). The predicted octanol–water partition coefficient (Wildman–Crippen LogP) is 4.41. The Morgan fingerprint density at radius 3 is 2.32 bits per heavy atom. The number of hydrogen-bond donors (Lipinski definition) is 1. The second-order valence-electron chi connectivity index (χ2n) is 5.20. The summed E-state index contributed by atoms with van der Waals surface area (Å²) in [5.41, 5.74) is 0.433. The van der Waals surface area contributed by atoms with E-state index in [1.54, 1.807) is 53.9 Å². The van der Waals surface area contributed by atoms with Gasteiger partial charge < -0.3 is 5.32 Å². The molecule has 8 heteroatoms. The fourth-order valence-corrected chi connectivity index (χ4v) is 6.41. The highest BCUT2D eigenvalue weighted by Crippen LogP contribution is 2.33. The second kappa shape index (κ2) is 7.70. The van der Waals surface area contributed by atoms with Crippen LogP contribution in [-0.2, 0) is 9.84 Å². The van der Waals surface area contributed by atoms with E-state index in [0.717, 1.165) is 0 Å². The first-order valence-electron chi connectivity index (χ1n) is 7.33. The molecule has 1 aromatic carbocycles. The number of benzene rings is 1. The van der Waals surface area contributed by atoms with Crippen molar-refractivity contribution in [2.75, 3.05) is 6.54 Å². The first-order chi connectivity index (χ1) is 12.0. The van der Waals surface area contributed by atoms with Crippen molar-refractivity contribution in [2.45, 2.75) is 9.46 Å². The number of thiophene rings is 2. The van der Waals surface area contributed by atoms with Gasteiger partial charge in [0.1, 0.15) is 9.46 Å². The van der Waals surface area contributed by atoms with Crippen molar-refractivity contribution in [3.8, 4) is 0 Å². The molecule has 0 saturated carbocycles. The number of carbonyl (C=O) groups excluding carboxylic acids is 1. The first kappa shape index (κ1) is 18.1. The third-order valence-electron chi connectivity index (χ3n) is 3.57. The normalized spacial score (nSPS) is 12.7. The molecule has 4 nitrogen and oxygen atoms in total. The molecule has 25 heavy (non-hydrogen) atoms. The van der Waals surface area contributed by atoms with Crippen LogP contribution in [0.2, 0.25) is 5.02 Å². The highest BCUT2D eigenvalue weighted by Gasteiger charge is 2.31. The molecule has 3 aromatic rings. The summed E-state index contributed by atoms with van der Waals surface area (Å²) in [4.78, 5) is 13.0. The SMILES string of the molecule is O=C(NC[C@@H](c1cccs1)S(=O)(=O)c1cccs1)c1ccc(Cl)cc1.